The molecule has 4 aromatic rings. The number of sulfonamides is 1. The van der Waals surface area contributed by atoms with Gasteiger partial charge in [0, 0.05) is 23.7 Å². The molecule has 138 valence electrons. The maximum atomic E-state index is 12.7. The standard InChI is InChI=1S/C18H15N3O4S2/c1-11-19-15(10-26-11)12-3-5-13(6-4-12)20-27(23,24)14-7-8-17-16(9-14)21(2)18(22)25-17/h3-10,20H,1-2H3. The molecule has 0 bridgehead atoms. The van der Waals surface area contributed by atoms with Gasteiger partial charge in [0.2, 0.25) is 0 Å². The zero-order valence-corrected chi connectivity index (χ0v) is 16.1. The van der Waals surface area contributed by atoms with E-state index < -0.39 is 15.8 Å². The Hall–Kier alpha value is -2.91. The topological polar surface area (TPSA) is 94.2 Å². The van der Waals surface area contributed by atoms with Crippen molar-refractivity contribution in [3.8, 4) is 11.3 Å². The fourth-order valence-electron chi connectivity index (χ4n) is 2.69. The maximum Gasteiger partial charge on any atom is 0.419 e. The minimum Gasteiger partial charge on any atom is -0.408 e. The number of benzene rings is 2. The predicted octanol–water partition coefficient (Wildman–Crippen LogP) is 3.36. The predicted molar refractivity (Wildman–Crippen MR) is 105 cm³/mol. The second-order valence-electron chi connectivity index (χ2n) is 5.99. The van der Waals surface area contributed by atoms with Crippen molar-refractivity contribution in [1.82, 2.24) is 9.55 Å². The maximum absolute atomic E-state index is 12.7. The normalized spacial score (nSPS) is 11.8. The summed E-state index contributed by atoms with van der Waals surface area (Å²) in [5.74, 6) is -0.541. The molecule has 0 amide bonds. The summed E-state index contributed by atoms with van der Waals surface area (Å²) >= 11 is 1.56. The summed E-state index contributed by atoms with van der Waals surface area (Å²) in [5, 5.41) is 2.93. The van der Waals surface area contributed by atoms with Gasteiger partial charge in [-0.15, -0.1) is 11.3 Å². The highest BCUT2D eigenvalue weighted by Crippen LogP contribution is 2.25. The van der Waals surface area contributed by atoms with Crippen LogP contribution in [0.5, 0.6) is 0 Å². The highest BCUT2D eigenvalue weighted by atomic mass is 32.2. The van der Waals surface area contributed by atoms with E-state index in [1.54, 1.807) is 23.5 Å². The van der Waals surface area contributed by atoms with Crippen LogP contribution in [-0.2, 0) is 17.1 Å². The van der Waals surface area contributed by atoms with Gasteiger partial charge in [0.05, 0.1) is 21.1 Å². The van der Waals surface area contributed by atoms with Crippen LogP contribution in [0.2, 0.25) is 0 Å². The first kappa shape index (κ1) is 17.5. The summed E-state index contributed by atoms with van der Waals surface area (Å²) in [5.41, 5.74) is 2.96. The molecular formula is C18H15N3O4S2. The summed E-state index contributed by atoms with van der Waals surface area (Å²) in [4.78, 5) is 16.0. The quantitative estimate of drug-likeness (QED) is 0.566. The van der Waals surface area contributed by atoms with E-state index in [1.165, 1.54) is 29.8 Å². The zero-order chi connectivity index (χ0) is 19.2. The third kappa shape index (κ3) is 3.26. The monoisotopic (exact) mass is 401 g/mol. The van der Waals surface area contributed by atoms with Crippen molar-refractivity contribution in [1.29, 1.82) is 0 Å². The van der Waals surface area contributed by atoms with E-state index in [1.807, 2.05) is 24.4 Å². The Morgan fingerprint density at radius 2 is 1.89 bits per heavy atom. The van der Waals surface area contributed by atoms with E-state index >= 15 is 0 Å². The van der Waals surface area contributed by atoms with Crippen molar-refractivity contribution < 1.29 is 12.8 Å². The highest BCUT2D eigenvalue weighted by molar-refractivity contribution is 7.92. The molecule has 2 aromatic heterocycles. The van der Waals surface area contributed by atoms with E-state index in [-0.39, 0.29) is 4.90 Å². The number of thiazole rings is 1. The average molecular weight is 401 g/mol. The SMILES string of the molecule is Cc1nc(-c2ccc(NS(=O)(=O)c3ccc4oc(=O)n(C)c4c3)cc2)cs1. The Balaban J connectivity index is 1.63. The van der Waals surface area contributed by atoms with Gasteiger partial charge in [0.25, 0.3) is 10.0 Å². The molecule has 0 unspecified atom stereocenters. The lowest BCUT2D eigenvalue weighted by Crippen LogP contribution is -2.13. The van der Waals surface area contributed by atoms with Crippen LogP contribution in [0.4, 0.5) is 5.69 Å². The summed E-state index contributed by atoms with van der Waals surface area (Å²) < 4.78 is 34.2. The number of aryl methyl sites for hydroxylation is 2. The number of oxazole rings is 1. The fourth-order valence-corrected chi connectivity index (χ4v) is 4.39. The average Bonchev–Trinajstić information content (AvgIpc) is 3.19. The Morgan fingerprint density at radius 1 is 1.15 bits per heavy atom. The summed E-state index contributed by atoms with van der Waals surface area (Å²) in [7, 11) is -2.28. The van der Waals surface area contributed by atoms with Crippen molar-refractivity contribution in [3.63, 3.8) is 0 Å². The molecule has 2 aromatic carbocycles. The number of aromatic nitrogens is 2. The second kappa shape index (κ2) is 6.36. The molecule has 0 fully saturated rings. The third-order valence-electron chi connectivity index (χ3n) is 4.13. The molecular weight excluding hydrogens is 386 g/mol. The van der Waals surface area contributed by atoms with Gasteiger partial charge >= 0.3 is 5.76 Å². The lowest BCUT2D eigenvalue weighted by molar-refractivity contribution is 0.528. The number of nitrogens with zero attached hydrogens (tertiary/aromatic N) is 2. The largest absolute Gasteiger partial charge is 0.419 e. The van der Waals surface area contributed by atoms with Crippen molar-refractivity contribution in [3.05, 3.63) is 63.4 Å². The highest BCUT2D eigenvalue weighted by Gasteiger charge is 2.17. The summed E-state index contributed by atoms with van der Waals surface area (Å²) in [6.45, 7) is 1.93. The molecule has 0 radical (unpaired) electrons. The molecule has 4 rings (SSSR count). The molecule has 0 saturated heterocycles. The van der Waals surface area contributed by atoms with Crippen LogP contribution in [-0.4, -0.2) is 18.0 Å². The third-order valence-corrected chi connectivity index (χ3v) is 6.28. The van der Waals surface area contributed by atoms with Crippen molar-refractivity contribution in [2.45, 2.75) is 11.8 Å². The van der Waals surface area contributed by atoms with E-state index in [4.69, 9.17) is 4.42 Å². The lowest BCUT2D eigenvalue weighted by Gasteiger charge is -2.09. The summed E-state index contributed by atoms with van der Waals surface area (Å²) in [6, 6.07) is 11.3. The van der Waals surface area contributed by atoms with E-state index in [2.05, 4.69) is 9.71 Å². The van der Waals surface area contributed by atoms with E-state index in [0.717, 1.165) is 16.3 Å². The van der Waals surface area contributed by atoms with Crippen LogP contribution in [0.25, 0.3) is 22.4 Å². The Kier molecular flexibility index (Phi) is 4.12. The minimum absolute atomic E-state index is 0.0469. The number of fused-ring (bicyclic) bond motifs is 1. The number of anilines is 1. The molecule has 0 atom stereocenters. The van der Waals surface area contributed by atoms with Gasteiger partial charge in [-0.1, -0.05) is 12.1 Å². The van der Waals surface area contributed by atoms with Crippen LogP contribution >= 0.6 is 11.3 Å². The number of hydrogen-bond acceptors (Lipinski definition) is 6. The van der Waals surface area contributed by atoms with Crippen LogP contribution in [0.3, 0.4) is 0 Å². The van der Waals surface area contributed by atoms with Crippen LogP contribution < -0.4 is 10.5 Å². The number of hydrogen-bond donors (Lipinski definition) is 1. The fraction of sp³-hybridized carbons (Fsp3) is 0.111. The van der Waals surface area contributed by atoms with Crippen LogP contribution in [0, 0.1) is 6.92 Å². The van der Waals surface area contributed by atoms with Crippen molar-refractivity contribution in [2.24, 2.45) is 7.05 Å². The van der Waals surface area contributed by atoms with Crippen molar-refractivity contribution in [2.75, 3.05) is 4.72 Å². The molecule has 27 heavy (non-hydrogen) atoms. The first-order chi connectivity index (χ1) is 12.8. The van der Waals surface area contributed by atoms with Crippen LogP contribution in [0.15, 0.2) is 62.0 Å². The molecule has 0 aliphatic rings. The van der Waals surface area contributed by atoms with Gasteiger partial charge in [0.1, 0.15) is 0 Å². The summed E-state index contributed by atoms with van der Waals surface area (Å²) in [6.07, 6.45) is 0. The molecule has 0 aliphatic carbocycles. The molecule has 2 heterocycles. The smallest absolute Gasteiger partial charge is 0.408 e. The molecule has 0 saturated carbocycles. The Labute approximate surface area is 159 Å². The first-order valence-electron chi connectivity index (χ1n) is 7.98. The first-order valence-corrected chi connectivity index (χ1v) is 10.3. The van der Waals surface area contributed by atoms with Gasteiger partial charge in [-0.3, -0.25) is 9.29 Å². The Bertz CT molecular complexity index is 1300. The van der Waals surface area contributed by atoms with Crippen molar-refractivity contribution >= 4 is 38.1 Å². The second-order valence-corrected chi connectivity index (χ2v) is 8.74. The molecule has 0 aliphatic heterocycles. The lowest BCUT2D eigenvalue weighted by atomic mass is 10.1. The molecule has 9 heteroatoms. The molecule has 1 N–H and O–H groups in total. The van der Waals surface area contributed by atoms with Crippen LogP contribution in [0.1, 0.15) is 5.01 Å². The van der Waals surface area contributed by atoms with Gasteiger partial charge in [-0.25, -0.2) is 18.2 Å². The van der Waals surface area contributed by atoms with Gasteiger partial charge < -0.3 is 4.42 Å². The number of nitrogens with one attached hydrogen (secondary N) is 1. The Morgan fingerprint density at radius 3 is 2.56 bits per heavy atom. The molecule has 7 nitrogen and oxygen atoms in total. The van der Waals surface area contributed by atoms with E-state index in [0.29, 0.717) is 16.8 Å². The van der Waals surface area contributed by atoms with Gasteiger partial charge in [-0.2, -0.15) is 0 Å². The zero-order valence-electron chi connectivity index (χ0n) is 14.5. The molecule has 0 spiro atoms. The minimum atomic E-state index is -3.81. The number of rotatable bonds is 4. The van der Waals surface area contributed by atoms with Gasteiger partial charge in [0.15, 0.2) is 5.58 Å². The van der Waals surface area contributed by atoms with Gasteiger partial charge in [-0.05, 0) is 37.3 Å². The van der Waals surface area contributed by atoms with E-state index in [9.17, 15) is 13.2 Å².